The zero-order valence-electron chi connectivity index (χ0n) is 11.8. The van der Waals surface area contributed by atoms with E-state index >= 15 is 0 Å². The second-order valence-electron chi connectivity index (χ2n) is 5.61. The molecule has 1 N–H and O–H groups in total. The van der Waals surface area contributed by atoms with Crippen LogP contribution in [-0.4, -0.2) is 40.7 Å². The summed E-state index contributed by atoms with van der Waals surface area (Å²) >= 11 is 0. The molecule has 0 aliphatic carbocycles. The molecule has 1 aromatic carbocycles. The fourth-order valence-electron chi connectivity index (χ4n) is 2.36. The zero-order valence-corrected chi connectivity index (χ0v) is 11.8. The number of nitrogens with zero attached hydrogens (tertiary/aromatic N) is 1. The summed E-state index contributed by atoms with van der Waals surface area (Å²) < 4.78 is 18.5. The summed E-state index contributed by atoms with van der Waals surface area (Å²) in [7, 11) is 0. The summed E-state index contributed by atoms with van der Waals surface area (Å²) in [5, 5.41) is 9.64. The number of likely N-dealkylation sites (tertiary alicyclic amines) is 1. The molecule has 4 nitrogen and oxygen atoms in total. The van der Waals surface area contributed by atoms with Gasteiger partial charge in [0, 0.05) is 13.1 Å². The standard InChI is InChI=1S/C15H20FNO3/c1-15(2,20-13-7-5-11(16)6-8-13)14(19)17-9-3-4-12(18)10-17/h5-8,12,18H,3-4,9-10H2,1-2H3. The maximum atomic E-state index is 12.9. The number of hydrogen-bond acceptors (Lipinski definition) is 3. The van der Waals surface area contributed by atoms with Gasteiger partial charge in [0.1, 0.15) is 11.6 Å². The molecule has 1 fully saturated rings. The van der Waals surface area contributed by atoms with Crippen molar-refractivity contribution in [2.24, 2.45) is 0 Å². The molecule has 5 heteroatoms. The number of hydrogen-bond donors (Lipinski definition) is 1. The van der Waals surface area contributed by atoms with Gasteiger partial charge in [0.05, 0.1) is 6.10 Å². The quantitative estimate of drug-likeness (QED) is 0.921. The van der Waals surface area contributed by atoms with Crippen LogP contribution in [0.5, 0.6) is 5.75 Å². The lowest BCUT2D eigenvalue weighted by Crippen LogP contribution is -2.52. The van der Waals surface area contributed by atoms with Gasteiger partial charge in [-0.2, -0.15) is 0 Å². The minimum Gasteiger partial charge on any atom is -0.478 e. The van der Waals surface area contributed by atoms with Crippen molar-refractivity contribution in [3.8, 4) is 5.75 Å². The van der Waals surface area contributed by atoms with Gasteiger partial charge in [-0.1, -0.05) is 0 Å². The molecule has 1 atom stereocenters. The maximum Gasteiger partial charge on any atom is 0.266 e. The van der Waals surface area contributed by atoms with E-state index in [0.717, 1.165) is 12.8 Å². The van der Waals surface area contributed by atoms with Crippen molar-refractivity contribution >= 4 is 5.91 Å². The summed E-state index contributed by atoms with van der Waals surface area (Å²) in [4.78, 5) is 14.1. The molecule has 1 amide bonds. The van der Waals surface area contributed by atoms with Crippen LogP contribution in [0.4, 0.5) is 4.39 Å². The Hall–Kier alpha value is -1.62. The van der Waals surface area contributed by atoms with Crippen LogP contribution >= 0.6 is 0 Å². The van der Waals surface area contributed by atoms with Gasteiger partial charge >= 0.3 is 0 Å². The molecule has 0 saturated carbocycles. The Bertz CT molecular complexity index is 473. The van der Waals surface area contributed by atoms with Crippen molar-refractivity contribution in [3.05, 3.63) is 30.1 Å². The van der Waals surface area contributed by atoms with Crippen LogP contribution in [0, 0.1) is 5.82 Å². The molecule has 0 radical (unpaired) electrons. The molecule has 20 heavy (non-hydrogen) atoms. The minimum atomic E-state index is -1.05. The van der Waals surface area contributed by atoms with E-state index < -0.39 is 11.7 Å². The molecule has 0 aromatic heterocycles. The normalized spacial score (nSPS) is 19.8. The molecule has 0 bridgehead atoms. The lowest BCUT2D eigenvalue weighted by molar-refractivity contribution is -0.148. The summed E-state index contributed by atoms with van der Waals surface area (Å²) in [6, 6.07) is 5.58. The Kier molecular flexibility index (Phi) is 4.28. The van der Waals surface area contributed by atoms with Crippen molar-refractivity contribution < 1.29 is 19.0 Å². The third kappa shape index (κ3) is 3.48. The predicted molar refractivity (Wildman–Crippen MR) is 72.9 cm³/mol. The molecule has 1 heterocycles. The van der Waals surface area contributed by atoms with Crippen LogP contribution in [0.15, 0.2) is 24.3 Å². The monoisotopic (exact) mass is 281 g/mol. The van der Waals surface area contributed by atoms with Crippen LogP contribution in [0.1, 0.15) is 26.7 Å². The summed E-state index contributed by atoms with van der Waals surface area (Å²) in [6.07, 6.45) is 1.05. The van der Waals surface area contributed by atoms with E-state index in [9.17, 15) is 14.3 Å². The van der Waals surface area contributed by atoms with Crippen LogP contribution < -0.4 is 4.74 Å². The van der Waals surface area contributed by atoms with Crippen molar-refractivity contribution in [3.63, 3.8) is 0 Å². The van der Waals surface area contributed by atoms with Gasteiger partial charge < -0.3 is 14.7 Å². The first-order valence-corrected chi connectivity index (χ1v) is 6.80. The highest BCUT2D eigenvalue weighted by Gasteiger charge is 2.36. The third-order valence-corrected chi connectivity index (χ3v) is 3.39. The molecular weight excluding hydrogens is 261 g/mol. The third-order valence-electron chi connectivity index (χ3n) is 3.39. The SMILES string of the molecule is CC(C)(Oc1ccc(F)cc1)C(=O)N1CCCC(O)C1. The average molecular weight is 281 g/mol. The van der Waals surface area contributed by atoms with Crippen molar-refractivity contribution in [1.29, 1.82) is 0 Å². The molecule has 110 valence electrons. The van der Waals surface area contributed by atoms with Gasteiger partial charge in [0.25, 0.3) is 5.91 Å². The molecular formula is C15H20FNO3. The Labute approximate surface area is 118 Å². The first kappa shape index (κ1) is 14.8. The van der Waals surface area contributed by atoms with Crippen LogP contribution in [0.25, 0.3) is 0 Å². The maximum absolute atomic E-state index is 12.9. The lowest BCUT2D eigenvalue weighted by Gasteiger charge is -2.36. The number of aliphatic hydroxyl groups is 1. The Morgan fingerprint density at radius 2 is 2.05 bits per heavy atom. The average Bonchev–Trinajstić information content (AvgIpc) is 2.40. The van der Waals surface area contributed by atoms with Gasteiger partial charge in [0.15, 0.2) is 5.60 Å². The van der Waals surface area contributed by atoms with Crippen LogP contribution in [0.2, 0.25) is 0 Å². The van der Waals surface area contributed by atoms with E-state index in [0.29, 0.717) is 18.8 Å². The molecule has 1 aliphatic heterocycles. The molecule has 1 unspecified atom stereocenters. The van der Waals surface area contributed by atoms with Gasteiger partial charge in [0.2, 0.25) is 0 Å². The fraction of sp³-hybridized carbons (Fsp3) is 0.533. The van der Waals surface area contributed by atoms with E-state index in [1.165, 1.54) is 24.3 Å². The first-order valence-electron chi connectivity index (χ1n) is 6.80. The van der Waals surface area contributed by atoms with E-state index in [-0.39, 0.29) is 11.7 Å². The number of ether oxygens (including phenoxy) is 1. The summed E-state index contributed by atoms with van der Waals surface area (Å²) in [5.74, 6) is -0.0662. The topological polar surface area (TPSA) is 49.8 Å². The highest BCUT2D eigenvalue weighted by molar-refractivity contribution is 5.85. The Balaban J connectivity index is 2.04. The van der Waals surface area contributed by atoms with Gasteiger partial charge in [-0.3, -0.25) is 4.79 Å². The summed E-state index contributed by atoms with van der Waals surface area (Å²) in [5.41, 5.74) is -1.05. The number of aliphatic hydroxyl groups excluding tert-OH is 1. The van der Waals surface area contributed by atoms with Crippen LogP contribution in [0.3, 0.4) is 0 Å². The Morgan fingerprint density at radius 1 is 1.40 bits per heavy atom. The number of amides is 1. The van der Waals surface area contributed by atoms with E-state index in [4.69, 9.17) is 4.74 Å². The smallest absolute Gasteiger partial charge is 0.266 e. The molecule has 1 aliphatic rings. The number of benzene rings is 1. The predicted octanol–water partition coefficient (Wildman–Crippen LogP) is 1.97. The number of piperidine rings is 1. The van der Waals surface area contributed by atoms with Gasteiger partial charge in [-0.05, 0) is 51.0 Å². The fourth-order valence-corrected chi connectivity index (χ4v) is 2.36. The molecule has 2 rings (SSSR count). The van der Waals surface area contributed by atoms with Crippen molar-refractivity contribution in [2.75, 3.05) is 13.1 Å². The highest BCUT2D eigenvalue weighted by atomic mass is 19.1. The van der Waals surface area contributed by atoms with E-state index in [1.807, 2.05) is 0 Å². The number of carbonyl (C=O) groups excluding carboxylic acids is 1. The number of halogens is 1. The first-order chi connectivity index (χ1) is 9.38. The molecule has 1 aromatic rings. The number of rotatable bonds is 3. The van der Waals surface area contributed by atoms with Crippen molar-refractivity contribution in [1.82, 2.24) is 4.90 Å². The molecule has 0 spiro atoms. The zero-order chi connectivity index (χ0) is 14.8. The van der Waals surface area contributed by atoms with Crippen LogP contribution in [-0.2, 0) is 4.79 Å². The number of β-amino-alcohol motifs (C(OH)–C–C–N with tert-alkyl or cyclic N) is 1. The van der Waals surface area contributed by atoms with Gasteiger partial charge in [-0.25, -0.2) is 4.39 Å². The van der Waals surface area contributed by atoms with E-state index in [2.05, 4.69) is 0 Å². The van der Waals surface area contributed by atoms with Gasteiger partial charge in [-0.15, -0.1) is 0 Å². The Morgan fingerprint density at radius 3 is 2.65 bits per heavy atom. The molecule has 1 saturated heterocycles. The highest BCUT2D eigenvalue weighted by Crippen LogP contribution is 2.22. The summed E-state index contributed by atoms with van der Waals surface area (Å²) in [6.45, 7) is 4.33. The number of carbonyl (C=O) groups is 1. The minimum absolute atomic E-state index is 0.166. The second-order valence-corrected chi connectivity index (χ2v) is 5.61. The second kappa shape index (κ2) is 5.79. The lowest BCUT2D eigenvalue weighted by atomic mass is 10.0. The van der Waals surface area contributed by atoms with E-state index in [1.54, 1.807) is 18.7 Å². The largest absolute Gasteiger partial charge is 0.478 e. The van der Waals surface area contributed by atoms with Crippen molar-refractivity contribution in [2.45, 2.75) is 38.4 Å².